The number of fused-ring (bicyclic) bond motifs is 1. The van der Waals surface area contributed by atoms with E-state index in [2.05, 4.69) is 25.3 Å². The molecule has 1 fully saturated rings. The fourth-order valence-electron chi connectivity index (χ4n) is 4.42. The van der Waals surface area contributed by atoms with Crippen LogP contribution in [0.25, 0.3) is 22.2 Å². The first kappa shape index (κ1) is 28.0. The first-order chi connectivity index (χ1) is 19.4. The number of pyridine rings is 2. The van der Waals surface area contributed by atoms with Gasteiger partial charge in [-0.3, -0.25) is 9.88 Å². The average Bonchev–Trinajstić information content (AvgIpc) is 2.92. The average molecular weight is 577 g/mol. The van der Waals surface area contributed by atoms with Crippen molar-refractivity contribution in [2.75, 3.05) is 31.5 Å². The lowest BCUT2D eigenvalue weighted by Gasteiger charge is -2.32. The van der Waals surface area contributed by atoms with Gasteiger partial charge in [-0.1, -0.05) is 6.07 Å². The molecule has 2 N–H and O–H groups in total. The van der Waals surface area contributed by atoms with Crippen molar-refractivity contribution >= 4 is 28.5 Å². The molecular weight excluding hydrogens is 556 g/mol. The van der Waals surface area contributed by atoms with Gasteiger partial charge in [-0.25, -0.2) is 19.7 Å². The summed E-state index contributed by atoms with van der Waals surface area (Å²) in [6.45, 7) is 1.56. The van der Waals surface area contributed by atoms with Gasteiger partial charge in [0, 0.05) is 43.3 Å². The molecule has 214 valence electrons. The van der Waals surface area contributed by atoms with Crippen molar-refractivity contribution in [3.8, 4) is 11.3 Å². The number of piperazine rings is 1. The molecule has 1 aliphatic heterocycles. The second-order valence-electron chi connectivity index (χ2n) is 9.22. The monoisotopic (exact) mass is 577 g/mol. The number of hydrogen-bond acceptors (Lipinski definition) is 7. The van der Waals surface area contributed by atoms with Crippen molar-refractivity contribution in [1.82, 2.24) is 29.7 Å². The van der Waals surface area contributed by atoms with Crippen LogP contribution in [-0.2, 0) is 18.9 Å². The summed E-state index contributed by atoms with van der Waals surface area (Å²) in [5, 5.41) is 12.5. The van der Waals surface area contributed by atoms with E-state index in [1.807, 2.05) is 4.90 Å². The quantitative estimate of drug-likeness (QED) is 0.293. The molecule has 1 amide bonds. The molecule has 0 spiro atoms. The van der Waals surface area contributed by atoms with E-state index < -0.39 is 29.7 Å². The Kier molecular flexibility index (Phi) is 7.38. The fourth-order valence-corrected chi connectivity index (χ4v) is 4.42. The summed E-state index contributed by atoms with van der Waals surface area (Å²) < 4.78 is 79.9. The van der Waals surface area contributed by atoms with Crippen LogP contribution in [0.15, 0.2) is 54.9 Å². The van der Waals surface area contributed by atoms with E-state index in [-0.39, 0.29) is 53.7 Å². The lowest BCUT2D eigenvalue weighted by atomic mass is 10.0. The molecule has 0 bridgehead atoms. The molecule has 1 saturated heterocycles. The van der Waals surface area contributed by atoms with E-state index in [1.54, 1.807) is 0 Å². The van der Waals surface area contributed by atoms with Crippen LogP contribution in [0, 0.1) is 0 Å². The number of amides is 1. The van der Waals surface area contributed by atoms with Gasteiger partial charge in [0.25, 0.3) is 0 Å². The third-order valence-electron chi connectivity index (χ3n) is 6.45. The molecule has 5 rings (SSSR count). The SMILES string of the molecule is O=C(O)N1CCN(Cc2nc(Nc3ccc(C(F)(F)F)nc3)c3ccc(-c4ncccc4C(F)(F)F)cc3n2)CC1. The van der Waals surface area contributed by atoms with Crippen LogP contribution >= 0.6 is 0 Å². The molecule has 0 aliphatic carbocycles. The molecular formula is C26H21F6N7O2. The third-order valence-corrected chi connectivity index (χ3v) is 6.45. The van der Waals surface area contributed by atoms with E-state index in [4.69, 9.17) is 0 Å². The highest BCUT2D eigenvalue weighted by molar-refractivity contribution is 5.93. The van der Waals surface area contributed by atoms with Gasteiger partial charge in [0.2, 0.25) is 0 Å². The number of nitrogens with zero attached hydrogens (tertiary/aromatic N) is 6. The first-order valence-corrected chi connectivity index (χ1v) is 12.2. The second kappa shape index (κ2) is 10.8. The Morgan fingerprint density at radius 2 is 1.68 bits per heavy atom. The van der Waals surface area contributed by atoms with Crippen LogP contribution in [0.2, 0.25) is 0 Å². The van der Waals surface area contributed by atoms with Crippen LogP contribution in [0.1, 0.15) is 17.1 Å². The van der Waals surface area contributed by atoms with Crippen LogP contribution in [-0.4, -0.2) is 67.1 Å². The summed E-state index contributed by atoms with van der Waals surface area (Å²) in [5.41, 5.74) is -1.64. The van der Waals surface area contributed by atoms with Gasteiger partial charge in [0.1, 0.15) is 17.3 Å². The van der Waals surface area contributed by atoms with Gasteiger partial charge < -0.3 is 15.3 Å². The standard InChI is InChI=1S/C26H21F6N7O2/c27-25(28,29)18-2-1-7-33-22(18)15-3-5-17-19(12-15)36-21(14-38-8-10-39(11-9-38)24(40)41)37-23(17)35-16-4-6-20(34-13-16)26(30,31)32/h1-7,12-13H,8-11,14H2,(H,40,41)(H,35,36,37). The molecule has 15 heteroatoms. The zero-order valence-electron chi connectivity index (χ0n) is 21.0. The number of rotatable bonds is 5. The fraction of sp³-hybridized carbons (Fsp3) is 0.269. The smallest absolute Gasteiger partial charge is 0.433 e. The minimum absolute atomic E-state index is 0.160. The maximum Gasteiger partial charge on any atom is 0.433 e. The number of nitrogens with one attached hydrogen (secondary N) is 1. The summed E-state index contributed by atoms with van der Waals surface area (Å²) >= 11 is 0. The van der Waals surface area contributed by atoms with E-state index in [0.717, 1.165) is 18.3 Å². The summed E-state index contributed by atoms with van der Waals surface area (Å²) in [5.74, 6) is 0.484. The Balaban J connectivity index is 1.53. The molecule has 41 heavy (non-hydrogen) atoms. The summed E-state index contributed by atoms with van der Waals surface area (Å²) in [7, 11) is 0. The number of carboxylic acid groups (broad SMARTS) is 1. The zero-order chi connectivity index (χ0) is 29.4. The predicted octanol–water partition coefficient (Wildman–Crippen LogP) is 5.66. The number of alkyl halides is 6. The Labute approximate surface area is 228 Å². The Hall–Kier alpha value is -4.53. The maximum absolute atomic E-state index is 13.7. The normalized spacial score (nSPS) is 14.8. The molecule has 0 saturated carbocycles. The lowest BCUT2D eigenvalue weighted by molar-refractivity contribution is -0.141. The van der Waals surface area contributed by atoms with Crippen LogP contribution in [0.3, 0.4) is 0 Å². The highest BCUT2D eigenvalue weighted by atomic mass is 19.4. The third kappa shape index (κ3) is 6.29. The summed E-state index contributed by atoms with van der Waals surface area (Å²) in [6.07, 6.45) is -8.03. The van der Waals surface area contributed by atoms with Crippen molar-refractivity contribution in [2.45, 2.75) is 18.9 Å². The minimum atomic E-state index is -4.64. The Bertz CT molecular complexity index is 1570. The molecule has 3 aromatic heterocycles. The van der Waals surface area contributed by atoms with Crippen molar-refractivity contribution in [1.29, 1.82) is 0 Å². The van der Waals surface area contributed by atoms with Gasteiger partial charge >= 0.3 is 18.4 Å². The number of hydrogen-bond donors (Lipinski definition) is 2. The van der Waals surface area contributed by atoms with Crippen molar-refractivity contribution in [3.05, 3.63) is 71.9 Å². The van der Waals surface area contributed by atoms with Crippen molar-refractivity contribution < 1.29 is 36.2 Å². The Morgan fingerprint density at radius 3 is 2.32 bits per heavy atom. The van der Waals surface area contributed by atoms with Gasteiger partial charge in [-0.05, 0) is 36.4 Å². The maximum atomic E-state index is 13.7. The molecule has 0 radical (unpaired) electrons. The van der Waals surface area contributed by atoms with Gasteiger partial charge in [0.15, 0.2) is 0 Å². The first-order valence-electron chi connectivity index (χ1n) is 12.2. The number of aromatic nitrogens is 4. The van der Waals surface area contributed by atoms with Crippen LogP contribution in [0.5, 0.6) is 0 Å². The molecule has 9 nitrogen and oxygen atoms in total. The van der Waals surface area contributed by atoms with Crippen LogP contribution < -0.4 is 5.32 Å². The molecule has 0 atom stereocenters. The molecule has 1 aromatic carbocycles. The second-order valence-corrected chi connectivity index (χ2v) is 9.22. The van der Waals surface area contributed by atoms with E-state index >= 15 is 0 Å². The highest BCUT2D eigenvalue weighted by Gasteiger charge is 2.34. The lowest BCUT2D eigenvalue weighted by Crippen LogP contribution is -2.47. The number of anilines is 2. The van der Waals surface area contributed by atoms with Gasteiger partial charge in [-0.15, -0.1) is 0 Å². The van der Waals surface area contributed by atoms with E-state index in [0.29, 0.717) is 18.5 Å². The van der Waals surface area contributed by atoms with Crippen LogP contribution in [0.4, 0.5) is 42.6 Å². The highest BCUT2D eigenvalue weighted by Crippen LogP contribution is 2.37. The topological polar surface area (TPSA) is 107 Å². The Morgan fingerprint density at radius 1 is 0.927 bits per heavy atom. The van der Waals surface area contributed by atoms with E-state index in [9.17, 15) is 36.2 Å². The molecule has 0 unspecified atom stereocenters. The van der Waals surface area contributed by atoms with Crippen molar-refractivity contribution in [2.24, 2.45) is 0 Å². The zero-order valence-corrected chi connectivity index (χ0v) is 21.0. The molecule has 4 heterocycles. The summed E-state index contributed by atoms with van der Waals surface area (Å²) in [6, 6.07) is 8.51. The molecule has 1 aliphatic rings. The largest absolute Gasteiger partial charge is 0.465 e. The van der Waals surface area contributed by atoms with Gasteiger partial charge in [0.05, 0.1) is 35.2 Å². The number of halogens is 6. The summed E-state index contributed by atoms with van der Waals surface area (Å²) in [4.78, 5) is 30.9. The predicted molar refractivity (Wildman–Crippen MR) is 135 cm³/mol. The van der Waals surface area contributed by atoms with E-state index in [1.165, 1.54) is 41.4 Å². The number of carbonyl (C=O) groups is 1. The number of benzene rings is 1. The van der Waals surface area contributed by atoms with Crippen molar-refractivity contribution in [3.63, 3.8) is 0 Å². The molecule has 4 aromatic rings. The van der Waals surface area contributed by atoms with Gasteiger partial charge in [-0.2, -0.15) is 26.3 Å². The minimum Gasteiger partial charge on any atom is -0.465 e.